The number of hydrogen-bond donors (Lipinski definition) is 2. The van der Waals surface area contributed by atoms with Crippen LogP contribution in [0, 0.1) is 13.8 Å². The molecule has 2 aromatic rings. The molecule has 0 heterocycles. The average Bonchev–Trinajstić information content (AvgIpc) is 2.64. The van der Waals surface area contributed by atoms with Crippen molar-refractivity contribution in [1.29, 1.82) is 0 Å². The Labute approximate surface area is 162 Å². The van der Waals surface area contributed by atoms with Gasteiger partial charge in [0.15, 0.2) is 0 Å². The molecule has 0 bridgehead atoms. The number of carbonyl (C=O) groups is 1. The van der Waals surface area contributed by atoms with Gasteiger partial charge in [0, 0.05) is 19.5 Å². The molecule has 0 aliphatic rings. The zero-order valence-electron chi connectivity index (χ0n) is 16.2. The highest BCUT2D eigenvalue weighted by atomic mass is 32.2. The van der Waals surface area contributed by atoms with Gasteiger partial charge in [0.25, 0.3) is 0 Å². The second-order valence-corrected chi connectivity index (χ2v) is 8.61. The predicted octanol–water partition coefficient (Wildman–Crippen LogP) is 3.28. The molecule has 2 rings (SSSR count). The van der Waals surface area contributed by atoms with E-state index in [2.05, 4.69) is 29.1 Å². The second kappa shape index (κ2) is 9.67. The van der Waals surface area contributed by atoms with Crippen molar-refractivity contribution in [3.8, 4) is 0 Å². The van der Waals surface area contributed by atoms with E-state index in [9.17, 15) is 13.2 Å². The van der Waals surface area contributed by atoms with Gasteiger partial charge in [0.1, 0.15) is 0 Å². The monoisotopic (exact) mass is 388 g/mol. The van der Waals surface area contributed by atoms with Gasteiger partial charge in [0.05, 0.1) is 4.90 Å². The maximum Gasteiger partial charge on any atom is 0.240 e. The van der Waals surface area contributed by atoms with E-state index in [0.717, 1.165) is 17.5 Å². The van der Waals surface area contributed by atoms with Crippen LogP contribution in [0.2, 0.25) is 0 Å². The van der Waals surface area contributed by atoms with E-state index >= 15 is 0 Å². The van der Waals surface area contributed by atoms with Gasteiger partial charge in [-0.2, -0.15) is 0 Å². The number of sulfonamides is 1. The quantitative estimate of drug-likeness (QED) is 0.692. The van der Waals surface area contributed by atoms with Crippen LogP contribution < -0.4 is 10.0 Å². The first kappa shape index (κ1) is 21.1. The lowest BCUT2D eigenvalue weighted by molar-refractivity contribution is -0.120. The number of carbonyl (C=O) groups excluding carboxylic acids is 1. The molecule has 146 valence electrons. The molecular weight excluding hydrogens is 360 g/mol. The Bertz CT molecular complexity index is 864. The van der Waals surface area contributed by atoms with Gasteiger partial charge >= 0.3 is 0 Å². The topological polar surface area (TPSA) is 75.3 Å². The van der Waals surface area contributed by atoms with Crippen LogP contribution in [0.4, 0.5) is 0 Å². The number of hydrogen-bond acceptors (Lipinski definition) is 3. The molecule has 2 aromatic carbocycles. The van der Waals surface area contributed by atoms with Crippen LogP contribution in [0.3, 0.4) is 0 Å². The molecule has 0 aromatic heterocycles. The highest BCUT2D eigenvalue weighted by molar-refractivity contribution is 7.89. The molecule has 0 spiro atoms. The van der Waals surface area contributed by atoms with E-state index in [4.69, 9.17) is 0 Å². The van der Waals surface area contributed by atoms with Crippen LogP contribution in [0.15, 0.2) is 53.4 Å². The maximum absolute atomic E-state index is 12.3. The third kappa shape index (κ3) is 6.48. The van der Waals surface area contributed by atoms with Gasteiger partial charge in [-0.3, -0.25) is 4.79 Å². The molecule has 6 heteroatoms. The van der Waals surface area contributed by atoms with E-state index in [1.54, 1.807) is 18.2 Å². The predicted molar refractivity (Wildman–Crippen MR) is 108 cm³/mol. The van der Waals surface area contributed by atoms with Crippen molar-refractivity contribution in [1.82, 2.24) is 10.0 Å². The fourth-order valence-corrected chi connectivity index (χ4v) is 3.84. The van der Waals surface area contributed by atoms with Gasteiger partial charge in [-0.15, -0.1) is 0 Å². The summed E-state index contributed by atoms with van der Waals surface area (Å²) in [6, 6.07) is 15.2. The molecule has 0 saturated carbocycles. The molecular formula is C21H28N2O3S. The van der Waals surface area contributed by atoms with Crippen LogP contribution >= 0.6 is 0 Å². The van der Waals surface area contributed by atoms with Crippen molar-refractivity contribution in [2.45, 2.75) is 44.4 Å². The van der Waals surface area contributed by atoms with Crippen LogP contribution in [-0.4, -0.2) is 27.4 Å². The van der Waals surface area contributed by atoms with Crippen molar-refractivity contribution < 1.29 is 13.2 Å². The van der Waals surface area contributed by atoms with Crippen LogP contribution in [0.5, 0.6) is 0 Å². The third-order valence-electron chi connectivity index (χ3n) is 4.70. The first-order valence-electron chi connectivity index (χ1n) is 9.18. The van der Waals surface area contributed by atoms with Gasteiger partial charge in [-0.25, -0.2) is 13.1 Å². The maximum atomic E-state index is 12.3. The first-order valence-corrected chi connectivity index (χ1v) is 10.7. The van der Waals surface area contributed by atoms with Crippen molar-refractivity contribution in [3.05, 3.63) is 65.2 Å². The van der Waals surface area contributed by atoms with Gasteiger partial charge < -0.3 is 5.32 Å². The van der Waals surface area contributed by atoms with Crippen molar-refractivity contribution in [2.24, 2.45) is 0 Å². The zero-order chi connectivity index (χ0) is 19.9. The molecule has 0 aliphatic carbocycles. The van der Waals surface area contributed by atoms with Crippen molar-refractivity contribution in [3.63, 3.8) is 0 Å². The molecule has 1 atom stereocenters. The Morgan fingerprint density at radius 3 is 2.37 bits per heavy atom. The molecule has 0 saturated heterocycles. The van der Waals surface area contributed by atoms with Crippen molar-refractivity contribution in [2.75, 3.05) is 13.1 Å². The van der Waals surface area contributed by atoms with Crippen LogP contribution in [-0.2, 0) is 14.8 Å². The molecule has 1 amide bonds. The Hall–Kier alpha value is -2.18. The standard InChI is InChI=1S/C21H28N2O3S/c1-16-9-10-20(15-18(16)3)27(25,26)23-14-12-21(24)22-13-11-17(2)19-7-5-4-6-8-19/h4-10,15,17,23H,11-14H2,1-3H3,(H,22,24). The summed E-state index contributed by atoms with van der Waals surface area (Å²) in [4.78, 5) is 12.2. The van der Waals surface area contributed by atoms with Gasteiger partial charge in [0.2, 0.25) is 15.9 Å². The first-order chi connectivity index (χ1) is 12.8. The SMILES string of the molecule is Cc1ccc(S(=O)(=O)NCCC(=O)NCCC(C)c2ccccc2)cc1C. The summed E-state index contributed by atoms with van der Waals surface area (Å²) in [5, 5.41) is 2.85. The molecule has 2 N–H and O–H groups in total. The summed E-state index contributed by atoms with van der Waals surface area (Å²) in [6.45, 7) is 6.58. The average molecular weight is 389 g/mol. The number of amides is 1. The van der Waals surface area contributed by atoms with E-state index < -0.39 is 10.0 Å². The molecule has 1 unspecified atom stereocenters. The number of rotatable bonds is 9. The van der Waals surface area contributed by atoms with Gasteiger partial charge in [-0.1, -0.05) is 43.3 Å². The lowest BCUT2D eigenvalue weighted by Crippen LogP contribution is -2.31. The van der Waals surface area contributed by atoms with Crippen LogP contribution in [0.25, 0.3) is 0 Å². The smallest absolute Gasteiger partial charge is 0.240 e. The van der Waals surface area contributed by atoms with E-state index in [0.29, 0.717) is 12.5 Å². The fraction of sp³-hybridized carbons (Fsp3) is 0.381. The Kier molecular flexibility index (Phi) is 7.56. The summed E-state index contributed by atoms with van der Waals surface area (Å²) in [6.07, 6.45) is 0.952. The lowest BCUT2D eigenvalue weighted by atomic mass is 9.98. The Morgan fingerprint density at radius 1 is 1.00 bits per heavy atom. The Balaban J connectivity index is 1.73. The summed E-state index contributed by atoms with van der Waals surface area (Å²) >= 11 is 0. The lowest BCUT2D eigenvalue weighted by Gasteiger charge is -2.12. The van der Waals surface area contributed by atoms with Gasteiger partial charge in [-0.05, 0) is 55.0 Å². The van der Waals surface area contributed by atoms with Crippen LogP contribution in [0.1, 0.15) is 42.4 Å². The zero-order valence-corrected chi connectivity index (χ0v) is 17.0. The molecule has 0 fully saturated rings. The minimum Gasteiger partial charge on any atom is -0.356 e. The molecule has 0 radical (unpaired) electrons. The van der Waals surface area contributed by atoms with E-state index in [1.807, 2.05) is 32.0 Å². The third-order valence-corrected chi connectivity index (χ3v) is 6.16. The van der Waals surface area contributed by atoms with E-state index in [1.165, 1.54) is 5.56 Å². The number of nitrogens with one attached hydrogen (secondary N) is 2. The second-order valence-electron chi connectivity index (χ2n) is 6.84. The number of benzene rings is 2. The highest BCUT2D eigenvalue weighted by Crippen LogP contribution is 2.17. The Morgan fingerprint density at radius 2 is 1.70 bits per heavy atom. The summed E-state index contributed by atoms with van der Waals surface area (Å²) in [5.74, 6) is 0.202. The summed E-state index contributed by atoms with van der Waals surface area (Å²) in [5.41, 5.74) is 3.20. The molecule has 5 nitrogen and oxygen atoms in total. The largest absolute Gasteiger partial charge is 0.356 e. The van der Waals surface area contributed by atoms with Crippen molar-refractivity contribution >= 4 is 15.9 Å². The fourth-order valence-electron chi connectivity index (χ4n) is 2.73. The number of aryl methyl sites for hydroxylation is 2. The minimum atomic E-state index is -3.60. The molecule has 27 heavy (non-hydrogen) atoms. The normalized spacial score (nSPS) is 12.6. The summed E-state index contributed by atoms with van der Waals surface area (Å²) in [7, 11) is -3.60. The summed E-state index contributed by atoms with van der Waals surface area (Å²) < 4.78 is 27.1. The van der Waals surface area contributed by atoms with E-state index in [-0.39, 0.29) is 23.8 Å². The highest BCUT2D eigenvalue weighted by Gasteiger charge is 2.15. The minimum absolute atomic E-state index is 0.0787. The molecule has 0 aliphatic heterocycles.